The summed E-state index contributed by atoms with van der Waals surface area (Å²) in [5.74, 6) is 2.48. The third-order valence-corrected chi connectivity index (χ3v) is 6.01. The van der Waals surface area contributed by atoms with Crippen molar-refractivity contribution in [1.29, 1.82) is 0 Å². The van der Waals surface area contributed by atoms with Crippen molar-refractivity contribution in [2.24, 2.45) is 0 Å². The maximum atomic E-state index is 13.1. The van der Waals surface area contributed by atoms with Gasteiger partial charge in [-0.15, -0.1) is 0 Å². The van der Waals surface area contributed by atoms with E-state index in [1.165, 1.54) is 12.8 Å². The number of anilines is 1. The summed E-state index contributed by atoms with van der Waals surface area (Å²) in [4.78, 5) is 21.0. The van der Waals surface area contributed by atoms with Gasteiger partial charge in [-0.2, -0.15) is 0 Å². The van der Waals surface area contributed by atoms with Crippen LogP contribution in [0, 0.1) is 0 Å². The van der Waals surface area contributed by atoms with Gasteiger partial charge in [0.15, 0.2) is 11.5 Å². The molecular weight excluding hydrogens is 420 g/mol. The lowest BCUT2D eigenvalue weighted by Crippen LogP contribution is -2.12. The van der Waals surface area contributed by atoms with Crippen molar-refractivity contribution >= 4 is 22.5 Å². The summed E-state index contributed by atoms with van der Waals surface area (Å²) >= 11 is 0. The van der Waals surface area contributed by atoms with Crippen LogP contribution in [0.15, 0.2) is 42.6 Å². The van der Waals surface area contributed by atoms with E-state index in [-0.39, 0.29) is 5.91 Å². The Morgan fingerprint density at radius 3 is 2.67 bits per heavy atom. The molecule has 3 heterocycles. The van der Waals surface area contributed by atoms with Crippen molar-refractivity contribution in [2.45, 2.75) is 25.8 Å². The Bertz CT molecular complexity index is 1310. The molecule has 8 nitrogen and oxygen atoms in total. The van der Waals surface area contributed by atoms with Gasteiger partial charge in [0.25, 0.3) is 5.91 Å². The maximum absolute atomic E-state index is 13.1. The highest BCUT2D eigenvalue weighted by Crippen LogP contribution is 2.41. The molecular formula is C25H26N4O4. The van der Waals surface area contributed by atoms with Gasteiger partial charge < -0.3 is 29.1 Å². The Kier molecular flexibility index (Phi) is 5.42. The molecule has 0 fully saturated rings. The average molecular weight is 447 g/mol. The van der Waals surface area contributed by atoms with Crippen LogP contribution < -0.4 is 19.5 Å². The van der Waals surface area contributed by atoms with Crippen molar-refractivity contribution in [3.8, 4) is 28.5 Å². The number of ether oxygens (including phenoxy) is 3. The molecule has 4 aromatic rings. The number of imidazole rings is 1. The standard InChI is InChI=1S/C25H26N4O4/c1-31-20-13-21(32-2)24(33-3)23-17(20)12-18(28-23)25(30)26-16-8-6-7-15(11-16)19-14-29-10-5-4-9-22(29)27-19/h6-8,11-14,28H,4-5,9-10H2,1-3H3,(H,26,30). The molecule has 0 bridgehead atoms. The molecule has 8 heteroatoms. The molecule has 33 heavy (non-hydrogen) atoms. The van der Waals surface area contributed by atoms with Gasteiger partial charge in [0.05, 0.1) is 32.5 Å². The fourth-order valence-corrected chi connectivity index (χ4v) is 4.37. The molecule has 2 N–H and O–H groups in total. The van der Waals surface area contributed by atoms with Crippen molar-refractivity contribution in [3.05, 3.63) is 54.1 Å². The van der Waals surface area contributed by atoms with Gasteiger partial charge in [0.2, 0.25) is 0 Å². The number of aromatic amines is 1. The third kappa shape index (κ3) is 3.77. The van der Waals surface area contributed by atoms with Gasteiger partial charge in [-0.05, 0) is 31.0 Å². The summed E-state index contributed by atoms with van der Waals surface area (Å²) in [6.45, 7) is 1.01. The highest BCUT2D eigenvalue weighted by molar-refractivity contribution is 6.08. The number of nitrogens with zero attached hydrogens (tertiary/aromatic N) is 2. The summed E-state index contributed by atoms with van der Waals surface area (Å²) in [5, 5.41) is 3.71. The molecule has 0 radical (unpaired) electrons. The fourth-order valence-electron chi connectivity index (χ4n) is 4.37. The number of rotatable bonds is 6. The quantitative estimate of drug-likeness (QED) is 0.450. The first-order valence-electron chi connectivity index (χ1n) is 10.9. The average Bonchev–Trinajstić information content (AvgIpc) is 3.48. The van der Waals surface area contributed by atoms with Crippen molar-refractivity contribution < 1.29 is 19.0 Å². The summed E-state index contributed by atoms with van der Waals surface area (Å²) in [7, 11) is 4.69. The molecule has 2 aromatic heterocycles. The predicted molar refractivity (Wildman–Crippen MR) is 127 cm³/mol. The van der Waals surface area contributed by atoms with Crippen LogP contribution >= 0.6 is 0 Å². The summed E-state index contributed by atoms with van der Waals surface area (Å²) < 4.78 is 18.6. The Morgan fingerprint density at radius 1 is 1.06 bits per heavy atom. The highest BCUT2D eigenvalue weighted by Gasteiger charge is 2.20. The van der Waals surface area contributed by atoms with Crippen LogP contribution in [-0.4, -0.2) is 41.8 Å². The molecule has 0 saturated heterocycles. The molecule has 1 aliphatic rings. The number of carbonyl (C=O) groups excluding carboxylic acids is 1. The largest absolute Gasteiger partial charge is 0.496 e. The number of methoxy groups -OCH3 is 3. The molecule has 2 aromatic carbocycles. The lowest BCUT2D eigenvalue weighted by atomic mass is 10.1. The number of carbonyl (C=O) groups is 1. The Hall–Kier alpha value is -3.94. The van der Waals surface area contributed by atoms with Crippen LogP contribution in [0.3, 0.4) is 0 Å². The van der Waals surface area contributed by atoms with Gasteiger partial charge in [-0.3, -0.25) is 4.79 Å². The van der Waals surface area contributed by atoms with E-state index in [4.69, 9.17) is 19.2 Å². The molecule has 0 aliphatic carbocycles. The third-order valence-electron chi connectivity index (χ3n) is 6.01. The fraction of sp³-hybridized carbons (Fsp3) is 0.280. The van der Waals surface area contributed by atoms with Gasteiger partial charge in [0, 0.05) is 41.9 Å². The summed E-state index contributed by atoms with van der Waals surface area (Å²) in [5.41, 5.74) is 3.61. The van der Waals surface area contributed by atoms with Crippen LogP contribution in [0.25, 0.3) is 22.2 Å². The number of H-pyrrole nitrogens is 1. The normalized spacial score (nSPS) is 12.9. The molecule has 1 amide bonds. The highest BCUT2D eigenvalue weighted by atomic mass is 16.5. The zero-order valence-corrected chi connectivity index (χ0v) is 18.9. The molecule has 0 saturated carbocycles. The molecule has 0 atom stereocenters. The molecule has 0 unspecified atom stereocenters. The zero-order valence-electron chi connectivity index (χ0n) is 18.9. The number of hydrogen-bond acceptors (Lipinski definition) is 5. The minimum absolute atomic E-state index is 0.268. The van der Waals surface area contributed by atoms with E-state index in [0.717, 1.165) is 35.4 Å². The summed E-state index contributed by atoms with van der Waals surface area (Å²) in [6.07, 6.45) is 5.47. The van der Waals surface area contributed by atoms with Crippen LogP contribution in [-0.2, 0) is 13.0 Å². The number of amides is 1. The van der Waals surface area contributed by atoms with Crippen molar-refractivity contribution in [1.82, 2.24) is 14.5 Å². The minimum Gasteiger partial charge on any atom is -0.496 e. The number of fused-ring (bicyclic) bond motifs is 2. The zero-order chi connectivity index (χ0) is 22.9. The van der Waals surface area contributed by atoms with E-state index >= 15 is 0 Å². The van der Waals surface area contributed by atoms with E-state index in [2.05, 4.69) is 21.1 Å². The van der Waals surface area contributed by atoms with Crippen LogP contribution in [0.4, 0.5) is 5.69 Å². The first-order chi connectivity index (χ1) is 16.1. The van der Waals surface area contributed by atoms with Crippen LogP contribution in [0.1, 0.15) is 29.2 Å². The van der Waals surface area contributed by atoms with Gasteiger partial charge >= 0.3 is 0 Å². The number of benzene rings is 2. The molecule has 1 aliphatic heterocycles. The Balaban J connectivity index is 1.44. The van der Waals surface area contributed by atoms with E-state index in [1.54, 1.807) is 33.5 Å². The lowest BCUT2D eigenvalue weighted by Gasteiger charge is -2.11. The first kappa shape index (κ1) is 20.9. The van der Waals surface area contributed by atoms with Gasteiger partial charge in [-0.1, -0.05) is 12.1 Å². The first-order valence-corrected chi connectivity index (χ1v) is 10.9. The Morgan fingerprint density at radius 2 is 1.91 bits per heavy atom. The minimum atomic E-state index is -0.268. The van der Waals surface area contributed by atoms with E-state index in [1.807, 2.05) is 24.3 Å². The molecule has 170 valence electrons. The van der Waals surface area contributed by atoms with Gasteiger partial charge in [0.1, 0.15) is 17.3 Å². The van der Waals surface area contributed by atoms with Gasteiger partial charge in [-0.25, -0.2) is 4.98 Å². The van der Waals surface area contributed by atoms with Crippen molar-refractivity contribution in [2.75, 3.05) is 26.6 Å². The molecule has 0 spiro atoms. The predicted octanol–water partition coefficient (Wildman–Crippen LogP) is 4.65. The number of aryl methyl sites for hydroxylation is 2. The molecule has 5 rings (SSSR count). The topological polar surface area (TPSA) is 90.4 Å². The monoisotopic (exact) mass is 446 g/mol. The van der Waals surface area contributed by atoms with Crippen molar-refractivity contribution in [3.63, 3.8) is 0 Å². The smallest absolute Gasteiger partial charge is 0.272 e. The number of aromatic nitrogens is 3. The van der Waals surface area contributed by atoms with E-state index in [0.29, 0.717) is 34.1 Å². The lowest BCUT2D eigenvalue weighted by molar-refractivity contribution is 0.102. The van der Waals surface area contributed by atoms with Crippen LogP contribution in [0.5, 0.6) is 17.2 Å². The summed E-state index contributed by atoms with van der Waals surface area (Å²) in [6, 6.07) is 11.2. The van der Waals surface area contributed by atoms with E-state index < -0.39 is 0 Å². The second-order valence-corrected chi connectivity index (χ2v) is 8.01. The number of nitrogens with one attached hydrogen (secondary N) is 2. The van der Waals surface area contributed by atoms with Crippen LogP contribution in [0.2, 0.25) is 0 Å². The maximum Gasteiger partial charge on any atom is 0.272 e. The SMILES string of the molecule is COc1cc(OC)c2cc(C(=O)Nc3cccc(-c4cn5c(n4)CCCC5)c3)[nH]c2c1OC. The van der Waals surface area contributed by atoms with E-state index in [9.17, 15) is 4.79 Å². The Labute approximate surface area is 191 Å². The second-order valence-electron chi connectivity index (χ2n) is 8.01. The second kappa shape index (κ2) is 8.54. The number of hydrogen-bond donors (Lipinski definition) is 2.